The molecule has 0 spiro atoms. The van der Waals surface area contributed by atoms with Crippen molar-refractivity contribution in [3.8, 4) is 0 Å². The Morgan fingerprint density at radius 2 is 1.24 bits per heavy atom. The molecule has 0 fully saturated rings. The highest BCUT2D eigenvalue weighted by molar-refractivity contribution is 5.84. The summed E-state index contributed by atoms with van der Waals surface area (Å²) in [6.45, 7) is 2.27. The fourth-order valence-corrected chi connectivity index (χ4v) is 3.09. The van der Waals surface area contributed by atoms with Crippen LogP contribution in [0.3, 0.4) is 0 Å². The van der Waals surface area contributed by atoms with Crippen LogP contribution < -0.4 is 0 Å². The monoisotopic (exact) mass is 388 g/mol. The summed E-state index contributed by atoms with van der Waals surface area (Å²) in [5.41, 5.74) is 3.52. The zero-order valence-corrected chi connectivity index (χ0v) is 16.4. The highest BCUT2D eigenvalue weighted by Gasteiger charge is 2.27. The van der Waals surface area contributed by atoms with Gasteiger partial charge < -0.3 is 9.47 Å². The summed E-state index contributed by atoms with van der Waals surface area (Å²) in [4.78, 5) is 25.3. The van der Waals surface area contributed by atoms with Gasteiger partial charge in [0.1, 0.15) is 13.2 Å². The second-order valence-corrected chi connectivity index (χ2v) is 6.85. The first-order valence-electron chi connectivity index (χ1n) is 9.59. The van der Waals surface area contributed by atoms with E-state index in [0.29, 0.717) is 0 Å². The average Bonchev–Trinajstić information content (AvgIpc) is 2.76. The van der Waals surface area contributed by atoms with Crippen molar-refractivity contribution < 1.29 is 19.1 Å². The number of hydrogen-bond acceptors (Lipinski definition) is 4. The molecule has 0 heterocycles. The summed E-state index contributed by atoms with van der Waals surface area (Å²) < 4.78 is 10.9. The molecule has 0 aromatic heterocycles. The van der Waals surface area contributed by atoms with Crippen LogP contribution in [0.1, 0.15) is 34.6 Å². The van der Waals surface area contributed by atoms with E-state index in [4.69, 9.17) is 9.47 Å². The lowest BCUT2D eigenvalue weighted by atomic mass is 9.92. The topological polar surface area (TPSA) is 52.6 Å². The van der Waals surface area contributed by atoms with Gasteiger partial charge in [0, 0.05) is 0 Å². The summed E-state index contributed by atoms with van der Waals surface area (Å²) in [6, 6.07) is 26.5. The number of benzene rings is 3. The van der Waals surface area contributed by atoms with Crippen LogP contribution in [-0.2, 0) is 32.3 Å². The van der Waals surface area contributed by atoms with Gasteiger partial charge in [-0.2, -0.15) is 0 Å². The van der Waals surface area contributed by atoms with Gasteiger partial charge in [0.25, 0.3) is 0 Å². The molecular formula is C25H24O4. The largest absolute Gasteiger partial charge is 0.461 e. The number of aryl methyl sites for hydroxylation is 1. The molecule has 29 heavy (non-hydrogen) atoms. The summed E-state index contributed by atoms with van der Waals surface area (Å²) in [7, 11) is 0. The van der Waals surface area contributed by atoms with E-state index in [1.165, 1.54) is 0 Å². The minimum atomic E-state index is -0.705. The van der Waals surface area contributed by atoms with E-state index < -0.39 is 17.9 Å². The standard InChI is InChI=1S/C25H24O4/c1-19-10-8-9-15-22(19)23(25(27)29-18-21-13-6-3-7-14-21)16-24(26)28-17-20-11-4-2-5-12-20/h2-15,23H,16-18H2,1H3. The fraction of sp³-hybridized carbons (Fsp3) is 0.200. The SMILES string of the molecule is Cc1ccccc1C(CC(=O)OCc1ccccc1)C(=O)OCc1ccccc1. The van der Waals surface area contributed by atoms with Crippen molar-refractivity contribution in [2.45, 2.75) is 32.5 Å². The third-order valence-corrected chi connectivity index (χ3v) is 4.69. The zero-order valence-electron chi connectivity index (χ0n) is 16.4. The maximum Gasteiger partial charge on any atom is 0.314 e. The molecule has 0 bridgehead atoms. The van der Waals surface area contributed by atoms with Crippen molar-refractivity contribution in [2.75, 3.05) is 0 Å². The van der Waals surface area contributed by atoms with E-state index in [1.807, 2.05) is 91.9 Å². The van der Waals surface area contributed by atoms with Gasteiger partial charge in [-0.1, -0.05) is 84.9 Å². The molecule has 0 saturated heterocycles. The zero-order chi connectivity index (χ0) is 20.5. The van der Waals surface area contributed by atoms with Crippen molar-refractivity contribution in [1.82, 2.24) is 0 Å². The van der Waals surface area contributed by atoms with Gasteiger partial charge in [0.05, 0.1) is 12.3 Å². The molecule has 1 atom stereocenters. The van der Waals surface area contributed by atoms with Gasteiger partial charge >= 0.3 is 11.9 Å². The first-order chi connectivity index (χ1) is 14.1. The predicted molar refractivity (Wildman–Crippen MR) is 111 cm³/mol. The van der Waals surface area contributed by atoms with Crippen molar-refractivity contribution >= 4 is 11.9 Å². The van der Waals surface area contributed by atoms with E-state index in [0.717, 1.165) is 22.3 Å². The predicted octanol–water partition coefficient (Wildman–Crippen LogP) is 4.96. The Morgan fingerprint density at radius 3 is 1.83 bits per heavy atom. The van der Waals surface area contributed by atoms with Crippen LogP contribution in [0.15, 0.2) is 84.9 Å². The van der Waals surface area contributed by atoms with E-state index in [2.05, 4.69) is 0 Å². The minimum absolute atomic E-state index is 0.0642. The van der Waals surface area contributed by atoms with E-state index in [-0.39, 0.29) is 19.6 Å². The summed E-state index contributed by atoms with van der Waals surface area (Å²) in [6.07, 6.45) is -0.0642. The van der Waals surface area contributed by atoms with E-state index in [1.54, 1.807) is 0 Å². The maximum atomic E-state index is 12.8. The molecule has 148 valence electrons. The van der Waals surface area contributed by atoms with Crippen molar-refractivity contribution in [3.05, 3.63) is 107 Å². The molecular weight excluding hydrogens is 364 g/mol. The molecule has 3 aromatic carbocycles. The molecule has 3 aromatic rings. The Bertz CT molecular complexity index is 935. The van der Waals surface area contributed by atoms with E-state index >= 15 is 0 Å². The number of rotatable bonds is 8. The lowest BCUT2D eigenvalue weighted by Gasteiger charge is -2.18. The molecule has 0 radical (unpaired) electrons. The first-order valence-corrected chi connectivity index (χ1v) is 9.59. The Hall–Kier alpha value is -3.40. The number of esters is 2. The second-order valence-electron chi connectivity index (χ2n) is 6.85. The van der Waals surface area contributed by atoms with Gasteiger partial charge in [0.15, 0.2) is 0 Å². The van der Waals surface area contributed by atoms with Gasteiger partial charge in [0.2, 0.25) is 0 Å². The van der Waals surface area contributed by atoms with Crippen molar-refractivity contribution in [3.63, 3.8) is 0 Å². The Balaban J connectivity index is 1.68. The van der Waals surface area contributed by atoms with Crippen LogP contribution in [0.2, 0.25) is 0 Å². The normalized spacial score (nSPS) is 11.5. The molecule has 0 aliphatic carbocycles. The lowest BCUT2D eigenvalue weighted by Crippen LogP contribution is -2.21. The number of carbonyl (C=O) groups excluding carboxylic acids is 2. The average molecular weight is 388 g/mol. The minimum Gasteiger partial charge on any atom is -0.461 e. The Kier molecular flexibility index (Phi) is 7.17. The summed E-state index contributed by atoms with van der Waals surface area (Å²) in [5, 5.41) is 0. The number of hydrogen-bond donors (Lipinski definition) is 0. The smallest absolute Gasteiger partial charge is 0.314 e. The molecule has 0 aliphatic heterocycles. The maximum absolute atomic E-state index is 12.8. The Morgan fingerprint density at radius 1 is 0.724 bits per heavy atom. The summed E-state index contributed by atoms with van der Waals surface area (Å²) in [5.74, 6) is -1.57. The summed E-state index contributed by atoms with van der Waals surface area (Å²) >= 11 is 0. The van der Waals surface area contributed by atoms with Crippen LogP contribution in [0.25, 0.3) is 0 Å². The molecule has 3 rings (SSSR count). The highest BCUT2D eigenvalue weighted by atomic mass is 16.5. The van der Waals surface area contributed by atoms with Crippen LogP contribution >= 0.6 is 0 Å². The van der Waals surface area contributed by atoms with Gasteiger partial charge in [-0.05, 0) is 29.2 Å². The molecule has 0 N–H and O–H groups in total. The molecule has 4 nitrogen and oxygen atoms in total. The lowest BCUT2D eigenvalue weighted by molar-refractivity contribution is -0.153. The third kappa shape index (κ3) is 6.04. The molecule has 0 saturated carbocycles. The van der Waals surface area contributed by atoms with Crippen LogP contribution in [0.5, 0.6) is 0 Å². The van der Waals surface area contributed by atoms with E-state index in [9.17, 15) is 9.59 Å². The highest BCUT2D eigenvalue weighted by Crippen LogP contribution is 2.26. The molecule has 0 aliphatic rings. The van der Waals surface area contributed by atoms with Gasteiger partial charge in [-0.15, -0.1) is 0 Å². The van der Waals surface area contributed by atoms with Crippen LogP contribution in [-0.4, -0.2) is 11.9 Å². The molecule has 1 unspecified atom stereocenters. The number of ether oxygens (including phenoxy) is 2. The third-order valence-electron chi connectivity index (χ3n) is 4.69. The number of carbonyl (C=O) groups is 2. The Labute approximate surface area is 171 Å². The first kappa shape index (κ1) is 20.3. The molecule has 4 heteroatoms. The van der Waals surface area contributed by atoms with Crippen molar-refractivity contribution in [2.24, 2.45) is 0 Å². The molecule has 0 amide bonds. The quantitative estimate of drug-likeness (QED) is 0.512. The van der Waals surface area contributed by atoms with Gasteiger partial charge in [-0.3, -0.25) is 9.59 Å². The van der Waals surface area contributed by atoms with Crippen molar-refractivity contribution in [1.29, 1.82) is 0 Å². The second kappa shape index (κ2) is 10.2. The van der Waals surface area contributed by atoms with Crippen LogP contribution in [0.4, 0.5) is 0 Å². The van der Waals surface area contributed by atoms with Crippen LogP contribution in [0, 0.1) is 6.92 Å². The van der Waals surface area contributed by atoms with Gasteiger partial charge in [-0.25, -0.2) is 0 Å². The fourth-order valence-electron chi connectivity index (χ4n) is 3.09.